The minimum absolute atomic E-state index is 0.0913. The highest BCUT2D eigenvalue weighted by Gasteiger charge is 2.17. The van der Waals surface area contributed by atoms with Crippen LogP contribution in [0.25, 0.3) is 0 Å². The molecule has 0 aliphatic carbocycles. The molecule has 0 aliphatic heterocycles. The van der Waals surface area contributed by atoms with Crippen molar-refractivity contribution in [2.24, 2.45) is 0 Å². The average molecular weight is 247 g/mol. The topological polar surface area (TPSA) is 60.1 Å². The van der Waals surface area contributed by atoms with Crippen molar-refractivity contribution in [1.29, 1.82) is 5.26 Å². The van der Waals surface area contributed by atoms with Crippen LogP contribution in [0.1, 0.15) is 37.9 Å². The molecule has 4 nitrogen and oxygen atoms in total. The molecular weight excluding hydrogens is 226 g/mol. The van der Waals surface area contributed by atoms with Gasteiger partial charge in [-0.05, 0) is 31.9 Å². The van der Waals surface area contributed by atoms with Crippen LogP contribution in [0.15, 0.2) is 12.1 Å². The zero-order valence-corrected chi connectivity index (χ0v) is 11.3. The minimum atomic E-state index is 0.0913. The molecule has 0 saturated heterocycles. The maximum Gasteiger partial charge on any atom is 0.130 e. The minimum Gasteiger partial charge on any atom is -0.395 e. The van der Waals surface area contributed by atoms with E-state index in [4.69, 9.17) is 5.26 Å². The summed E-state index contributed by atoms with van der Waals surface area (Å²) < 4.78 is 0. The van der Waals surface area contributed by atoms with Crippen molar-refractivity contribution in [3.05, 3.63) is 23.4 Å². The summed E-state index contributed by atoms with van der Waals surface area (Å²) in [7, 11) is 0. The predicted molar refractivity (Wildman–Crippen MR) is 72.5 cm³/mol. The Kier molecular flexibility index (Phi) is 5.60. The van der Waals surface area contributed by atoms with Crippen molar-refractivity contribution in [3.63, 3.8) is 0 Å². The molecule has 0 fully saturated rings. The smallest absolute Gasteiger partial charge is 0.130 e. The highest BCUT2D eigenvalue weighted by molar-refractivity contribution is 5.47. The van der Waals surface area contributed by atoms with E-state index in [0.717, 1.165) is 24.4 Å². The lowest BCUT2D eigenvalue weighted by Gasteiger charge is -2.31. The zero-order chi connectivity index (χ0) is 13.5. The molecule has 0 saturated carbocycles. The third-order valence-corrected chi connectivity index (χ3v) is 3.09. The highest BCUT2D eigenvalue weighted by Crippen LogP contribution is 2.20. The summed E-state index contributed by atoms with van der Waals surface area (Å²) in [6.45, 7) is 6.77. The maximum atomic E-state index is 9.20. The highest BCUT2D eigenvalue weighted by atomic mass is 16.3. The SMILES string of the molecule is CCC(CC)N(CCO)c1cc(C#N)cc(C)n1. The molecule has 0 bridgehead atoms. The molecule has 1 N–H and O–H groups in total. The number of aromatic nitrogens is 1. The number of rotatable bonds is 6. The summed E-state index contributed by atoms with van der Waals surface area (Å²) in [6.07, 6.45) is 1.99. The molecule has 1 aromatic rings. The number of aryl methyl sites for hydroxylation is 1. The van der Waals surface area contributed by atoms with Crippen molar-refractivity contribution < 1.29 is 5.11 Å². The number of hydrogen-bond donors (Lipinski definition) is 1. The van der Waals surface area contributed by atoms with Crippen molar-refractivity contribution >= 4 is 5.82 Å². The van der Waals surface area contributed by atoms with Gasteiger partial charge < -0.3 is 10.0 Å². The number of aliphatic hydroxyl groups excluding tert-OH is 1. The summed E-state index contributed by atoms with van der Waals surface area (Å²) in [5.74, 6) is 0.786. The summed E-state index contributed by atoms with van der Waals surface area (Å²) >= 11 is 0. The van der Waals surface area contributed by atoms with E-state index in [-0.39, 0.29) is 6.61 Å². The van der Waals surface area contributed by atoms with Crippen LogP contribution in [0.2, 0.25) is 0 Å². The maximum absolute atomic E-state index is 9.20. The zero-order valence-electron chi connectivity index (χ0n) is 11.3. The lowest BCUT2D eigenvalue weighted by atomic mass is 10.1. The van der Waals surface area contributed by atoms with Gasteiger partial charge in [-0.1, -0.05) is 13.8 Å². The fraction of sp³-hybridized carbons (Fsp3) is 0.571. The lowest BCUT2D eigenvalue weighted by Crippen LogP contribution is -2.37. The molecule has 4 heteroatoms. The van der Waals surface area contributed by atoms with E-state index in [1.807, 2.05) is 6.92 Å². The first kappa shape index (κ1) is 14.5. The van der Waals surface area contributed by atoms with Gasteiger partial charge in [0.15, 0.2) is 0 Å². The molecule has 0 unspecified atom stereocenters. The third-order valence-electron chi connectivity index (χ3n) is 3.09. The summed E-state index contributed by atoms with van der Waals surface area (Å²) in [5.41, 5.74) is 1.45. The van der Waals surface area contributed by atoms with Crippen LogP contribution in [0, 0.1) is 18.3 Å². The standard InChI is InChI=1S/C14H21N3O/c1-4-13(5-2)17(6-7-18)14-9-12(10-15)8-11(3)16-14/h8-9,13,18H,4-7H2,1-3H3. The van der Waals surface area contributed by atoms with Crippen LogP contribution in [0.5, 0.6) is 0 Å². The Labute approximate surface area is 109 Å². The Morgan fingerprint density at radius 3 is 2.56 bits per heavy atom. The van der Waals surface area contributed by atoms with Crippen molar-refractivity contribution in [3.8, 4) is 6.07 Å². The first-order chi connectivity index (χ1) is 8.65. The van der Waals surface area contributed by atoms with Crippen molar-refractivity contribution in [1.82, 2.24) is 4.98 Å². The first-order valence-electron chi connectivity index (χ1n) is 6.42. The van der Waals surface area contributed by atoms with Gasteiger partial charge in [0.05, 0.1) is 18.2 Å². The predicted octanol–water partition coefficient (Wildman–Crippen LogP) is 2.25. The molecule has 0 spiro atoms. The monoisotopic (exact) mass is 247 g/mol. The first-order valence-corrected chi connectivity index (χ1v) is 6.42. The van der Waals surface area contributed by atoms with Crippen LogP contribution in [-0.2, 0) is 0 Å². The molecule has 0 aliphatic rings. The van der Waals surface area contributed by atoms with Gasteiger partial charge in [-0.25, -0.2) is 4.98 Å². The van der Waals surface area contributed by atoms with Gasteiger partial charge in [0, 0.05) is 18.3 Å². The van der Waals surface area contributed by atoms with Gasteiger partial charge in [-0.2, -0.15) is 5.26 Å². The van der Waals surface area contributed by atoms with E-state index in [9.17, 15) is 5.11 Å². The molecule has 0 atom stereocenters. The van der Waals surface area contributed by atoms with Crippen molar-refractivity contribution in [2.75, 3.05) is 18.1 Å². The largest absolute Gasteiger partial charge is 0.395 e. The van der Waals surface area contributed by atoms with E-state index < -0.39 is 0 Å². The Morgan fingerprint density at radius 2 is 2.06 bits per heavy atom. The fourth-order valence-corrected chi connectivity index (χ4v) is 2.18. The molecule has 1 rings (SSSR count). The molecular formula is C14H21N3O. The molecule has 98 valence electrons. The van der Waals surface area contributed by atoms with Crippen molar-refractivity contribution in [2.45, 2.75) is 39.7 Å². The molecule has 1 heterocycles. The van der Waals surface area contributed by atoms with Crippen LogP contribution in [0.3, 0.4) is 0 Å². The normalized spacial score (nSPS) is 10.4. The van der Waals surface area contributed by atoms with E-state index >= 15 is 0 Å². The Hall–Kier alpha value is -1.60. The van der Waals surface area contributed by atoms with Crippen LogP contribution in [-0.4, -0.2) is 29.3 Å². The second kappa shape index (κ2) is 6.97. The fourth-order valence-electron chi connectivity index (χ4n) is 2.18. The second-order valence-corrected chi connectivity index (χ2v) is 4.35. The summed E-state index contributed by atoms with van der Waals surface area (Å²) in [6, 6.07) is 6.06. The van der Waals surface area contributed by atoms with Gasteiger partial charge >= 0.3 is 0 Å². The van der Waals surface area contributed by atoms with Crippen LogP contribution in [0.4, 0.5) is 5.82 Å². The van der Waals surface area contributed by atoms with Gasteiger partial charge in [-0.3, -0.25) is 0 Å². The van der Waals surface area contributed by atoms with Crippen LogP contribution >= 0.6 is 0 Å². The summed E-state index contributed by atoms with van der Waals surface area (Å²) in [4.78, 5) is 6.57. The van der Waals surface area contributed by atoms with Gasteiger partial charge in [0.2, 0.25) is 0 Å². The molecule has 1 aromatic heterocycles. The van der Waals surface area contributed by atoms with Gasteiger partial charge in [0.1, 0.15) is 5.82 Å². The Morgan fingerprint density at radius 1 is 1.39 bits per heavy atom. The van der Waals surface area contributed by atoms with E-state index in [0.29, 0.717) is 18.2 Å². The molecule has 0 radical (unpaired) electrons. The number of nitriles is 1. The van der Waals surface area contributed by atoms with E-state index in [2.05, 4.69) is 29.8 Å². The number of hydrogen-bond acceptors (Lipinski definition) is 4. The second-order valence-electron chi connectivity index (χ2n) is 4.35. The molecule has 0 aromatic carbocycles. The molecule has 0 amide bonds. The number of pyridine rings is 1. The van der Waals surface area contributed by atoms with Crippen LogP contribution < -0.4 is 4.90 Å². The lowest BCUT2D eigenvalue weighted by molar-refractivity contribution is 0.295. The number of anilines is 1. The summed E-state index contributed by atoms with van der Waals surface area (Å²) in [5, 5.41) is 18.2. The van der Waals surface area contributed by atoms with Gasteiger partial charge in [0.25, 0.3) is 0 Å². The molecule has 18 heavy (non-hydrogen) atoms. The number of aliphatic hydroxyl groups is 1. The van der Waals surface area contributed by atoms with E-state index in [1.165, 1.54) is 0 Å². The average Bonchev–Trinajstić information content (AvgIpc) is 2.38. The quantitative estimate of drug-likeness (QED) is 0.837. The number of nitrogens with zero attached hydrogens (tertiary/aromatic N) is 3. The van der Waals surface area contributed by atoms with E-state index in [1.54, 1.807) is 12.1 Å². The van der Waals surface area contributed by atoms with Gasteiger partial charge in [-0.15, -0.1) is 0 Å². The third kappa shape index (κ3) is 3.44. The Balaban J connectivity index is 3.12. The Bertz CT molecular complexity index is 422.